The number of rotatable bonds is 5. The van der Waals surface area contributed by atoms with Crippen molar-refractivity contribution in [3.63, 3.8) is 0 Å². The van der Waals surface area contributed by atoms with E-state index in [0.717, 1.165) is 37.1 Å². The molecule has 1 aromatic rings. The second-order valence-electron chi connectivity index (χ2n) is 8.98. The fraction of sp³-hybridized carbons (Fsp3) is 0.636. The quantitative estimate of drug-likeness (QED) is 0.665. The minimum absolute atomic E-state index is 0.0178. The first-order chi connectivity index (χ1) is 13.4. The average molecular weight is 387 g/mol. The summed E-state index contributed by atoms with van der Waals surface area (Å²) in [4.78, 5) is 2.33. The third-order valence-electron chi connectivity index (χ3n) is 7.77. The Balaban J connectivity index is 1.72. The van der Waals surface area contributed by atoms with Crippen molar-refractivity contribution in [2.45, 2.75) is 61.4 Å². The Kier molecular flexibility index (Phi) is 3.92. The first kappa shape index (κ1) is 18.4. The molecule has 2 aliphatic heterocycles. The van der Waals surface area contributed by atoms with Crippen molar-refractivity contribution in [2.75, 3.05) is 26.3 Å². The molecule has 5 atom stereocenters. The number of nitrogens with zero attached hydrogens (tertiary/aromatic N) is 1. The SMILES string of the molecule is C=CCN1CCC23c4c5ccc(O)c4OC2C(C)(OCCO)CCC3(O)C1C5. The highest BCUT2D eigenvalue weighted by molar-refractivity contribution is 5.62. The molecule has 1 saturated carbocycles. The zero-order valence-electron chi connectivity index (χ0n) is 16.4. The summed E-state index contributed by atoms with van der Waals surface area (Å²) < 4.78 is 12.6. The van der Waals surface area contributed by atoms with Gasteiger partial charge in [0.15, 0.2) is 11.5 Å². The van der Waals surface area contributed by atoms with E-state index in [-0.39, 0.29) is 25.0 Å². The maximum atomic E-state index is 12.2. The van der Waals surface area contributed by atoms with Crippen molar-refractivity contribution in [3.8, 4) is 11.5 Å². The Hall–Kier alpha value is -1.60. The number of phenols is 1. The molecule has 0 amide bonds. The molecule has 5 rings (SSSR count). The van der Waals surface area contributed by atoms with Gasteiger partial charge in [0, 0.05) is 18.2 Å². The van der Waals surface area contributed by atoms with Crippen LogP contribution in [0.3, 0.4) is 0 Å². The van der Waals surface area contributed by atoms with Gasteiger partial charge in [-0.3, -0.25) is 4.90 Å². The number of phenolic OH excluding ortho intramolecular Hbond substituents is 1. The molecule has 1 aromatic carbocycles. The maximum Gasteiger partial charge on any atom is 0.165 e. The van der Waals surface area contributed by atoms with Crippen molar-refractivity contribution in [2.24, 2.45) is 0 Å². The molecule has 2 bridgehead atoms. The van der Waals surface area contributed by atoms with Gasteiger partial charge in [0.1, 0.15) is 11.7 Å². The highest BCUT2D eigenvalue weighted by Gasteiger charge is 2.75. The van der Waals surface area contributed by atoms with E-state index in [1.54, 1.807) is 6.07 Å². The highest BCUT2D eigenvalue weighted by Crippen LogP contribution is 2.67. The van der Waals surface area contributed by atoms with E-state index in [4.69, 9.17) is 9.47 Å². The molecule has 2 heterocycles. The monoisotopic (exact) mass is 387 g/mol. The fourth-order valence-electron chi connectivity index (χ4n) is 6.65. The summed E-state index contributed by atoms with van der Waals surface area (Å²) in [5, 5.41) is 32.1. The molecule has 1 spiro atoms. The molecule has 1 saturated heterocycles. The predicted octanol–water partition coefficient (Wildman–Crippen LogP) is 1.50. The van der Waals surface area contributed by atoms with Gasteiger partial charge >= 0.3 is 0 Å². The van der Waals surface area contributed by atoms with E-state index >= 15 is 0 Å². The van der Waals surface area contributed by atoms with Crippen LogP contribution >= 0.6 is 0 Å². The summed E-state index contributed by atoms with van der Waals surface area (Å²) in [5.74, 6) is 0.638. The topological polar surface area (TPSA) is 82.4 Å². The Morgan fingerprint density at radius 3 is 2.93 bits per heavy atom. The standard InChI is InChI=1S/C22H29NO5/c1-3-9-23-10-8-21-17-14-4-5-15(25)18(17)28-19(21)20(2,27-12-11-24)6-7-22(21,26)16(23)13-14/h3-5,16,19,24-26H,1,6-13H2,2H3. The molecule has 2 aliphatic carbocycles. The summed E-state index contributed by atoms with van der Waals surface area (Å²) in [6, 6.07) is 3.66. The van der Waals surface area contributed by atoms with E-state index in [0.29, 0.717) is 18.6 Å². The molecule has 152 valence electrons. The lowest BCUT2D eigenvalue weighted by Gasteiger charge is -2.65. The third-order valence-corrected chi connectivity index (χ3v) is 7.77. The van der Waals surface area contributed by atoms with Crippen LogP contribution in [0.25, 0.3) is 0 Å². The van der Waals surface area contributed by atoms with E-state index in [2.05, 4.69) is 11.5 Å². The number of aromatic hydroxyl groups is 1. The van der Waals surface area contributed by atoms with Crippen molar-refractivity contribution in [1.82, 2.24) is 4.90 Å². The zero-order chi connectivity index (χ0) is 19.7. The lowest BCUT2D eigenvalue weighted by atomic mass is 9.47. The number of aliphatic hydroxyl groups is 2. The van der Waals surface area contributed by atoms with Crippen LogP contribution < -0.4 is 4.74 Å². The predicted molar refractivity (Wildman–Crippen MR) is 104 cm³/mol. The second kappa shape index (κ2) is 5.95. The highest BCUT2D eigenvalue weighted by atomic mass is 16.6. The summed E-state index contributed by atoms with van der Waals surface area (Å²) in [5.41, 5.74) is -0.0784. The molecule has 0 aromatic heterocycles. The number of piperidine rings is 1. The number of hydrogen-bond donors (Lipinski definition) is 3. The van der Waals surface area contributed by atoms with E-state index in [1.807, 2.05) is 19.1 Å². The van der Waals surface area contributed by atoms with Crippen LogP contribution in [0.1, 0.15) is 37.3 Å². The summed E-state index contributed by atoms with van der Waals surface area (Å²) >= 11 is 0. The Morgan fingerprint density at radius 1 is 1.36 bits per heavy atom. The molecular weight excluding hydrogens is 358 g/mol. The molecule has 3 N–H and O–H groups in total. The third kappa shape index (κ3) is 2.02. The van der Waals surface area contributed by atoms with Gasteiger partial charge in [-0.05, 0) is 50.8 Å². The first-order valence-corrected chi connectivity index (χ1v) is 10.3. The smallest absolute Gasteiger partial charge is 0.165 e. The lowest BCUT2D eigenvalue weighted by Crippen LogP contribution is -2.79. The number of aliphatic hydroxyl groups excluding tert-OH is 1. The van der Waals surface area contributed by atoms with Crippen LogP contribution in [0.5, 0.6) is 11.5 Å². The summed E-state index contributed by atoms with van der Waals surface area (Å²) in [6.45, 7) is 7.67. The van der Waals surface area contributed by atoms with Crippen LogP contribution in [-0.4, -0.2) is 69.9 Å². The Morgan fingerprint density at radius 2 is 2.18 bits per heavy atom. The average Bonchev–Trinajstić information content (AvgIpc) is 3.04. The maximum absolute atomic E-state index is 12.2. The van der Waals surface area contributed by atoms with Crippen molar-refractivity contribution < 1.29 is 24.8 Å². The number of benzene rings is 1. The fourth-order valence-corrected chi connectivity index (χ4v) is 6.65. The van der Waals surface area contributed by atoms with Crippen LogP contribution in [0.4, 0.5) is 0 Å². The summed E-state index contributed by atoms with van der Waals surface area (Å²) in [7, 11) is 0. The summed E-state index contributed by atoms with van der Waals surface area (Å²) in [6.07, 6.45) is 4.21. The van der Waals surface area contributed by atoms with Crippen molar-refractivity contribution in [3.05, 3.63) is 35.9 Å². The molecule has 6 heteroatoms. The van der Waals surface area contributed by atoms with Gasteiger partial charge < -0.3 is 24.8 Å². The minimum atomic E-state index is -0.951. The minimum Gasteiger partial charge on any atom is -0.504 e. The second-order valence-corrected chi connectivity index (χ2v) is 8.98. The lowest BCUT2D eigenvalue weighted by molar-refractivity contribution is -0.242. The number of likely N-dealkylation sites (tertiary alicyclic amines) is 1. The van der Waals surface area contributed by atoms with Gasteiger partial charge in [0.25, 0.3) is 0 Å². The van der Waals surface area contributed by atoms with Gasteiger partial charge in [0.2, 0.25) is 0 Å². The van der Waals surface area contributed by atoms with Gasteiger partial charge in [-0.1, -0.05) is 12.1 Å². The van der Waals surface area contributed by atoms with Crippen LogP contribution in [0.2, 0.25) is 0 Å². The van der Waals surface area contributed by atoms with E-state index in [9.17, 15) is 15.3 Å². The Bertz CT molecular complexity index is 827. The van der Waals surface area contributed by atoms with Crippen LogP contribution in [0, 0.1) is 0 Å². The molecule has 2 fully saturated rings. The van der Waals surface area contributed by atoms with Gasteiger partial charge in [0.05, 0.1) is 24.2 Å². The first-order valence-electron chi connectivity index (χ1n) is 10.3. The molecule has 4 aliphatic rings. The molecule has 28 heavy (non-hydrogen) atoms. The van der Waals surface area contributed by atoms with Crippen molar-refractivity contribution >= 4 is 0 Å². The van der Waals surface area contributed by atoms with Crippen LogP contribution in [0.15, 0.2) is 24.8 Å². The van der Waals surface area contributed by atoms with Crippen molar-refractivity contribution in [1.29, 1.82) is 0 Å². The van der Waals surface area contributed by atoms with E-state index in [1.165, 1.54) is 0 Å². The molecule has 5 unspecified atom stereocenters. The van der Waals surface area contributed by atoms with E-state index < -0.39 is 22.7 Å². The largest absolute Gasteiger partial charge is 0.504 e. The number of hydrogen-bond acceptors (Lipinski definition) is 6. The molecule has 6 nitrogen and oxygen atoms in total. The number of ether oxygens (including phenoxy) is 2. The Labute approximate surface area is 165 Å². The van der Waals surface area contributed by atoms with Gasteiger partial charge in [-0.2, -0.15) is 0 Å². The van der Waals surface area contributed by atoms with Gasteiger partial charge in [-0.15, -0.1) is 6.58 Å². The van der Waals surface area contributed by atoms with Crippen LogP contribution in [-0.2, 0) is 16.6 Å². The molecular formula is C22H29NO5. The zero-order valence-corrected chi connectivity index (χ0v) is 16.4. The normalized spacial score (nSPS) is 40.7. The van der Waals surface area contributed by atoms with Gasteiger partial charge in [-0.25, -0.2) is 0 Å². The molecule has 0 radical (unpaired) electrons.